The highest BCUT2D eigenvalue weighted by Crippen LogP contribution is 2.15. The summed E-state index contributed by atoms with van der Waals surface area (Å²) in [6.45, 7) is 6.08. The van der Waals surface area contributed by atoms with E-state index in [-0.39, 0.29) is 18.3 Å². The van der Waals surface area contributed by atoms with Gasteiger partial charge < -0.3 is 10.2 Å². The van der Waals surface area contributed by atoms with E-state index in [0.29, 0.717) is 25.6 Å². The number of halogens is 1. The minimum absolute atomic E-state index is 0. The van der Waals surface area contributed by atoms with Crippen molar-refractivity contribution in [1.82, 2.24) is 10.2 Å². The summed E-state index contributed by atoms with van der Waals surface area (Å²) in [5, 5.41) is 5.46. The van der Waals surface area contributed by atoms with E-state index < -0.39 is 0 Å². The zero-order valence-electron chi connectivity index (χ0n) is 11.4. The van der Waals surface area contributed by atoms with Gasteiger partial charge in [0.1, 0.15) is 0 Å². The molecule has 20 heavy (non-hydrogen) atoms. The van der Waals surface area contributed by atoms with Crippen molar-refractivity contribution in [3.05, 3.63) is 35.0 Å². The van der Waals surface area contributed by atoms with Crippen molar-refractivity contribution in [2.45, 2.75) is 19.0 Å². The Morgan fingerprint density at radius 2 is 2.45 bits per heavy atom. The molecule has 6 heteroatoms. The topological polar surface area (TPSA) is 32.3 Å². The molecule has 1 aromatic heterocycles. The summed E-state index contributed by atoms with van der Waals surface area (Å²) in [6.07, 6.45) is 2.39. The van der Waals surface area contributed by atoms with E-state index in [1.165, 1.54) is 4.88 Å². The Balaban J connectivity index is 0.00000200. The van der Waals surface area contributed by atoms with Crippen LogP contribution in [0.2, 0.25) is 0 Å². The van der Waals surface area contributed by atoms with E-state index in [9.17, 15) is 4.79 Å². The smallest absolute Gasteiger partial charge is 0.224 e. The number of hydrogen-bond acceptors (Lipinski definition) is 4. The second kappa shape index (κ2) is 9.45. The maximum atomic E-state index is 12.4. The van der Waals surface area contributed by atoms with Crippen LogP contribution >= 0.6 is 35.5 Å². The molecule has 1 aromatic rings. The number of rotatable bonds is 6. The maximum absolute atomic E-state index is 12.4. The van der Waals surface area contributed by atoms with Gasteiger partial charge in [-0.2, -0.15) is 11.8 Å². The monoisotopic (exact) mass is 332 g/mol. The summed E-state index contributed by atoms with van der Waals surface area (Å²) < 4.78 is 0. The molecule has 0 radical (unpaired) electrons. The van der Waals surface area contributed by atoms with Crippen LogP contribution in [0.25, 0.3) is 0 Å². The summed E-state index contributed by atoms with van der Waals surface area (Å²) in [5.41, 5.74) is 0. The Morgan fingerprint density at radius 1 is 1.60 bits per heavy atom. The summed E-state index contributed by atoms with van der Waals surface area (Å²) in [5.74, 6) is 2.40. The van der Waals surface area contributed by atoms with Crippen molar-refractivity contribution >= 4 is 41.4 Å². The predicted octanol–water partition coefficient (Wildman–Crippen LogP) is 2.78. The fourth-order valence-electron chi connectivity index (χ4n) is 2.09. The largest absolute Gasteiger partial charge is 0.334 e. The first-order valence-electron chi connectivity index (χ1n) is 6.52. The number of carbonyl (C=O) groups excluding carboxylic acids is 1. The van der Waals surface area contributed by atoms with Crippen LogP contribution in [-0.2, 0) is 11.3 Å². The minimum atomic E-state index is 0. The first kappa shape index (κ1) is 17.6. The first-order valence-corrected chi connectivity index (χ1v) is 8.55. The molecule has 1 fully saturated rings. The van der Waals surface area contributed by atoms with Crippen LogP contribution in [0, 0.1) is 0 Å². The predicted molar refractivity (Wildman–Crippen MR) is 90.9 cm³/mol. The Kier molecular flexibility index (Phi) is 8.30. The van der Waals surface area contributed by atoms with Crippen molar-refractivity contribution in [3.63, 3.8) is 0 Å². The van der Waals surface area contributed by atoms with Gasteiger partial charge in [-0.25, -0.2) is 0 Å². The van der Waals surface area contributed by atoms with Crippen molar-refractivity contribution in [3.8, 4) is 0 Å². The van der Waals surface area contributed by atoms with E-state index in [4.69, 9.17) is 0 Å². The quantitative estimate of drug-likeness (QED) is 0.813. The SMILES string of the molecule is C=CCN(Cc1cccs1)C(=O)CC1CSCCN1.Cl. The molecule has 0 spiro atoms. The summed E-state index contributed by atoms with van der Waals surface area (Å²) >= 11 is 3.62. The van der Waals surface area contributed by atoms with Gasteiger partial charge in [0.05, 0.1) is 6.54 Å². The Bertz CT molecular complexity index is 405. The molecular weight excluding hydrogens is 312 g/mol. The molecule has 0 aliphatic carbocycles. The zero-order valence-corrected chi connectivity index (χ0v) is 13.9. The molecule has 2 heterocycles. The molecule has 2 rings (SSSR count). The van der Waals surface area contributed by atoms with Gasteiger partial charge in [0.15, 0.2) is 0 Å². The molecule has 1 saturated heterocycles. The highest BCUT2D eigenvalue weighted by atomic mass is 35.5. The van der Waals surface area contributed by atoms with Crippen LogP contribution in [0.15, 0.2) is 30.2 Å². The number of nitrogens with one attached hydrogen (secondary N) is 1. The van der Waals surface area contributed by atoms with E-state index in [1.54, 1.807) is 17.4 Å². The first-order chi connectivity index (χ1) is 9.29. The van der Waals surface area contributed by atoms with Crippen molar-refractivity contribution in [1.29, 1.82) is 0 Å². The lowest BCUT2D eigenvalue weighted by atomic mass is 10.2. The van der Waals surface area contributed by atoms with Gasteiger partial charge in [0, 0.05) is 41.9 Å². The van der Waals surface area contributed by atoms with Gasteiger partial charge in [-0.05, 0) is 11.4 Å². The lowest BCUT2D eigenvalue weighted by molar-refractivity contribution is -0.131. The van der Waals surface area contributed by atoms with Crippen LogP contribution in [0.5, 0.6) is 0 Å². The maximum Gasteiger partial charge on any atom is 0.224 e. The molecular formula is C14H21ClN2OS2. The molecule has 1 N–H and O–H groups in total. The van der Waals surface area contributed by atoms with Crippen molar-refractivity contribution in [2.75, 3.05) is 24.6 Å². The van der Waals surface area contributed by atoms with E-state index in [0.717, 1.165) is 18.1 Å². The van der Waals surface area contributed by atoms with E-state index >= 15 is 0 Å². The third-order valence-electron chi connectivity index (χ3n) is 3.05. The lowest BCUT2D eigenvalue weighted by Gasteiger charge is -2.26. The van der Waals surface area contributed by atoms with Gasteiger partial charge in [-0.3, -0.25) is 4.79 Å². The molecule has 0 saturated carbocycles. The molecule has 1 unspecified atom stereocenters. The third-order valence-corrected chi connectivity index (χ3v) is 5.04. The van der Waals surface area contributed by atoms with Gasteiger partial charge in [-0.1, -0.05) is 12.1 Å². The van der Waals surface area contributed by atoms with Crippen LogP contribution in [-0.4, -0.2) is 41.4 Å². The number of nitrogens with zero attached hydrogens (tertiary/aromatic N) is 1. The van der Waals surface area contributed by atoms with E-state index in [1.807, 2.05) is 28.1 Å². The van der Waals surface area contributed by atoms with Crippen LogP contribution < -0.4 is 5.32 Å². The Morgan fingerprint density at radius 3 is 3.05 bits per heavy atom. The number of carbonyl (C=O) groups is 1. The molecule has 0 aromatic carbocycles. The standard InChI is InChI=1S/C14H20N2OS2.ClH/c1-2-6-16(10-13-4-3-7-19-13)14(17)9-12-11-18-8-5-15-12;/h2-4,7,12,15H,1,5-6,8-11H2;1H. The summed E-state index contributed by atoms with van der Waals surface area (Å²) in [6, 6.07) is 4.42. The zero-order chi connectivity index (χ0) is 13.5. The van der Waals surface area contributed by atoms with Gasteiger partial charge in [-0.15, -0.1) is 30.3 Å². The highest BCUT2D eigenvalue weighted by Gasteiger charge is 2.20. The summed E-state index contributed by atoms with van der Waals surface area (Å²) in [7, 11) is 0. The van der Waals surface area contributed by atoms with Gasteiger partial charge in [0.25, 0.3) is 0 Å². The Hall–Kier alpha value is -0.490. The number of amides is 1. The second-order valence-corrected chi connectivity index (χ2v) is 6.75. The van der Waals surface area contributed by atoms with Gasteiger partial charge >= 0.3 is 0 Å². The number of thioether (sulfide) groups is 1. The average Bonchev–Trinajstić information content (AvgIpc) is 2.92. The van der Waals surface area contributed by atoms with Gasteiger partial charge in [0.2, 0.25) is 5.91 Å². The van der Waals surface area contributed by atoms with E-state index in [2.05, 4.69) is 18.0 Å². The van der Waals surface area contributed by atoms with Crippen molar-refractivity contribution < 1.29 is 4.79 Å². The highest BCUT2D eigenvalue weighted by molar-refractivity contribution is 7.99. The molecule has 1 aliphatic rings. The molecule has 1 amide bonds. The van der Waals surface area contributed by atoms with Crippen LogP contribution in [0.4, 0.5) is 0 Å². The lowest BCUT2D eigenvalue weighted by Crippen LogP contribution is -2.42. The Labute approximate surface area is 135 Å². The third kappa shape index (κ3) is 5.48. The summed E-state index contributed by atoms with van der Waals surface area (Å²) in [4.78, 5) is 15.5. The molecule has 0 bridgehead atoms. The fourth-order valence-corrected chi connectivity index (χ4v) is 3.76. The molecule has 3 nitrogen and oxygen atoms in total. The normalized spacial score (nSPS) is 18.1. The second-order valence-electron chi connectivity index (χ2n) is 4.57. The number of hydrogen-bond donors (Lipinski definition) is 1. The van der Waals surface area contributed by atoms with Crippen molar-refractivity contribution in [2.24, 2.45) is 0 Å². The fraction of sp³-hybridized carbons (Fsp3) is 0.500. The minimum Gasteiger partial charge on any atom is -0.334 e. The molecule has 112 valence electrons. The molecule has 1 aliphatic heterocycles. The average molecular weight is 333 g/mol. The molecule has 1 atom stereocenters. The van der Waals surface area contributed by atoms with Crippen LogP contribution in [0.1, 0.15) is 11.3 Å². The number of thiophene rings is 1. The van der Waals surface area contributed by atoms with Crippen LogP contribution in [0.3, 0.4) is 0 Å².